The molecule has 3 atom stereocenters. The van der Waals surface area contributed by atoms with E-state index < -0.39 is 12.0 Å². The largest absolute Gasteiger partial charge is 0.480 e. The molecule has 0 aromatic carbocycles. The summed E-state index contributed by atoms with van der Waals surface area (Å²) in [6, 6.07) is -0.709. The third-order valence-corrected chi connectivity index (χ3v) is 4.17. The molecule has 2 aliphatic heterocycles. The molecule has 2 heterocycles. The van der Waals surface area contributed by atoms with Crippen molar-refractivity contribution in [3.8, 4) is 0 Å². The molecule has 0 spiro atoms. The number of carbonyl (C=O) groups is 2. The maximum absolute atomic E-state index is 12.5. The predicted molar refractivity (Wildman–Crippen MR) is 71.9 cm³/mol. The van der Waals surface area contributed by atoms with E-state index in [0.29, 0.717) is 24.8 Å². The van der Waals surface area contributed by atoms with Gasteiger partial charge in [0, 0.05) is 19.6 Å². The number of rotatable bonds is 1. The SMILES string of the molecule is CC1CC(C)CN(C(=O)N2CCCCC2C(=O)O)C1. The quantitative estimate of drug-likeness (QED) is 0.791. The Morgan fingerprint density at radius 3 is 2.32 bits per heavy atom. The Morgan fingerprint density at radius 1 is 1.11 bits per heavy atom. The molecule has 108 valence electrons. The fourth-order valence-corrected chi connectivity index (χ4v) is 3.42. The average Bonchev–Trinajstić information content (AvgIpc) is 2.36. The molecule has 1 N–H and O–H groups in total. The number of carbonyl (C=O) groups excluding carboxylic acids is 1. The number of carboxylic acid groups (broad SMARTS) is 1. The highest BCUT2D eigenvalue weighted by atomic mass is 16.4. The first-order valence-electron chi connectivity index (χ1n) is 7.27. The summed E-state index contributed by atoms with van der Waals surface area (Å²) in [6.07, 6.45) is 3.54. The molecule has 2 aliphatic rings. The van der Waals surface area contributed by atoms with Gasteiger partial charge in [0.25, 0.3) is 0 Å². The maximum atomic E-state index is 12.5. The second-order valence-electron chi connectivity index (χ2n) is 6.18. The van der Waals surface area contributed by atoms with E-state index in [2.05, 4.69) is 13.8 Å². The standard InChI is InChI=1S/C14H24N2O3/c1-10-7-11(2)9-15(8-10)14(19)16-6-4-3-5-12(16)13(17)18/h10-12H,3-9H2,1-2H3,(H,17,18). The Labute approximate surface area is 114 Å². The van der Waals surface area contributed by atoms with Crippen LogP contribution in [-0.4, -0.2) is 52.6 Å². The minimum Gasteiger partial charge on any atom is -0.480 e. The number of likely N-dealkylation sites (tertiary alicyclic amines) is 2. The molecule has 5 heteroatoms. The van der Waals surface area contributed by atoms with Gasteiger partial charge in [-0.15, -0.1) is 0 Å². The number of carboxylic acids is 1. The highest BCUT2D eigenvalue weighted by Crippen LogP contribution is 2.25. The van der Waals surface area contributed by atoms with E-state index in [9.17, 15) is 14.7 Å². The second kappa shape index (κ2) is 5.80. The van der Waals surface area contributed by atoms with Gasteiger partial charge in [0.1, 0.15) is 6.04 Å². The van der Waals surface area contributed by atoms with Gasteiger partial charge in [-0.25, -0.2) is 9.59 Å². The van der Waals surface area contributed by atoms with Gasteiger partial charge < -0.3 is 14.9 Å². The van der Waals surface area contributed by atoms with Gasteiger partial charge in [-0.3, -0.25) is 0 Å². The number of nitrogens with zero attached hydrogens (tertiary/aromatic N) is 2. The van der Waals surface area contributed by atoms with Gasteiger partial charge in [0.05, 0.1) is 0 Å². The van der Waals surface area contributed by atoms with Gasteiger partial charge in [-0.1, -0.05) is 13.8 Å². The van der Waals surface area contributed by atoms with Crippen LogP contribution in [0.4, 0.5) is 4.79 Å². The lowest BCUT2D eigenvalue weighted by Crippen LogP contribution is -2.55. The summed E-state index contributed by atoms with van der Waals surface area (Å²) in [5.74, 6) is 0.132. The van der Waals surface area contributed by atoms with Crippen LogP contribution in [0.15, 0.2) is 0 Å². The van der Waals surface area contributed by atoms with Gasteiger partial charge in [-0.2, -0.15) is 0 Å². The molecule has 0 saturated carbocycles. The number of hydrogen-bond donors (Lipinski definition) is 1. The minimum absolute atomic E-state index is 0.0782. The van der Waals surface area contributed by atoms with Crippen LogP contribution >= 0.6 is 0 Å². The summed E-state index contributed by atoms with van der Waals surface area (Å²) >= 11 is 0. The van der Waals surface area contributed by atoms with Crippen molar-refractivity contribution in [3.05, 3.63) is 0 Å². The fourth-order valence-electron chi connectivity index (χ4n) is 3.42. The molecule has 2 amide bonds. The molecule has 0 aromatic heterocycles. The van der Waals surface area contributed by atoms with E-state index in [4.69, 9.17) is 0 Å². The van der Waals surface area contributed by atoms with Crippen molar-refractivity contribution < 1.29 is 14.7 Å². The second-order valence-corrected chi connectivity index (χ2v) is 6.18. The zero-order valence-corrected chi connectivity index (χ0v) is 11.8. The van der Waals surface area contributed by atoms with Crippen LogP contribution in [0.5, 0.6) is 0 Å². The first kappa shape index (κ1) is 14.2. The first-order chi connectivity index (χ1) is 8.99. The summed E-state index contributed by atoms with van der Waals surface area (Å²) in [5, 5.41) is 9.25. The smallest absolute Gasteiger partial charge is 0.326 e. The lowest BCUT2D eigenvalue weighted by molar-refractivity contribution is -0.143. The molecular weight excluding hydrogens is 244 g/mol. The van der Waals surface area contributed by atoms with Gasteiger partial charge in [0.15, 0.2) is 0 Å². The molecule has 0 radical (unpaired) electrons. The maximum Gasteiger partial charge on any atom is 0.326 e. The van der Waals surface area contributed by atoms with Crippen LogP contribution < -0.4 is 0 Å². The molecular formula is C14H24N2O3. The molecule has 2 saturated heterocycles. The van der Waals surface area contributed by atoms with E-state index in [1.165, 1.54) is 0 Å². The van der Waals surface area contributed by atoms with Crippen molar-refractivity contribution >= 4 is 12.0 Å². The molecule has 2 rings (SSSR count). The molecule has 3 unspecified atom stereocenters. The van der Waals surface area contributed by atoms with Crippen molar-refractivity contribution in [1.29, 1.82) is 0 Å². The summed E-state index contributed by atoms with van der Waals surface area (Å²) in [4.78, 5) is 27.2. The van der Waals surface area contributed by atoms with E-state index in [0.717, 1.165) is 32.4 Å². The van der Waals surface area contributed by atoms with Gasteiger partial charge >= 0.3 is 12.0 Å². The van der Waals surface area contributed by atoms with Crippen molar-refractivity contribution in [2.45, 2.75) is 45.6 Å². The van der Waals surface area contributed by atoms with E-state index >= 15 is 0 Å². The number of aliphatic carboxylic acids is 1. The fraction of sp³-hybridized carbons (Fsp3) is 0.857. The van der Waals surface area contributed by atoms with E-state index in [1.54, 1.807) is 4.90 Å². The molecule has 19 heavy (non-hydrogen) atoms. The third-order valence-electron chi connectivity index (χ3n) is 4.17. The van der Waals surface area contributed by atoms with Crippen LogP contribution in [0, 0.1) is 11.8 Å². The van der Waals surface area contributed by atoms with Crippen LogP contribution in [0.25, 0.3) is 0 Å². The van der Waals surface area contributed by atoms with Crippen molar-refractivity contribution in [3.63, 3.8) is 0 Å². The molecule has 0 bridgehead atoms. The van der Waals surface area contributed by atoms with E-state index in [-0.39, 0.29) is 6.03 Å². The lowest BCUT2D eigenvalue weighted by Gasteiger charge is -2.41. The van der Waals surface area contributed by atoms with E-state index in [1.807, 2.05) is 4.90 Å². The average molecular weight is 268 g/mol. The highest BCUT2D eigenvalue weighted by Gasteiger charge is 2.36. The monoisotopic (exact) mass is 268 g/mol. The lowest BCUT2D eigenvalue weighted by atomic mass is 9.92. The number of urea groups is 1. The zero-order chi connectivity index (χ0) is 14.0. The predicted octanol–water partition coefficient (Wildman–Crippen LogP) is 2.02. The third kappa shape index (κ3) is 3.19. The summed E-state index contributed by atoms with van der Waals surface area (Å²) in [6.45, 7) is 6.40. The highest BCUT2D eigenvalue weighted by molar-refractivity contribution is 5.83. The molecule has 5 nitrogen and oxygen atoms in total. The molecule has 0 aliphatic carbocycles. The Kier molecular flexibility index (Phi) is 4.32. The van der Waals surface area contributed by atoms with Crippen LogP contribution in [0.2, 0.25) is 0 Å². The normalized spacial score (nSPS) is 32.2. The Balaban J connectivity index is 2.06. The van der Waals surface area contributed by atoms with Gasteiger partial charge in [0.2, 0.25) is 0 Å². The van der Waals surface area contributed by atoms with Crippen LogP contribution in [-0.2, 0) is 4.79 Å². The zero-order valence-electron chi connectivity index (χ0n) is 11.8. The number of piperidine rings is 2. The summed E-state index contributed by atoms with van der Waals surface area (Å²) in [7, 11) is 0. The van der Waals surface area contributed by atoms with Crippen molar-refractivity contribution in [2.75, 3.05) is 19.6 Å². The van der Waals surface area contributed by atoms with Crippen molar-refractivity contribution in [2.24, 2.45) is 11.8 Å². The van der Waals surface area contributed by atoms with Crippen LogP contribution in [0.3, 0.4) is 0 Å². The van der Waals surface area contributed by atoms with Crippen LogP contribution in [0.1, 0.15) is 39.5 Å². The Bertz CT molecular complexity index is 349. The Hall–Kier alpha value is -1.26. The first-order valence-corrected chi connectivity index (χ1v) is 7.27. The van der Waals surface area contributed by atoms with Crippen molar-refractivity contribution in [1.82, 2.24) is 9.80 Å². The minimum atomic E-state index is -0.869. The van der Waals surface area contributed by atoms with Gasteiger partial charge in [-0.05, 0) is 37.5 Å². The summed E-state index contributed by atoms with van der Waals surface area (Å²) < 4.78 is 0. The summed E-state index contributed by atoms with van der Waals surface area (Å²) in [5.41, 5.74) is 0. The molecule has 2 fully saturated rings. The topological polar surface area (TPSA) is 60.9 Å². The molecule has 0 aromatic rings. The Morgan fingerprint density at radius 2 is 1.74 bits per heavy atom. The number of hydrogen-bond acceptors (Lipinski definition) is 2. The number of amides is 2.